The predicted octanol–water partition coefficient (Wildman–Crippen LogP) is -0.0256. The molecule has 0 aromatic heterocycles. The number of aliphatic carboxylic acids is 1. The van der Waals surface area contributed by atoms with Gasteiger partial charge in [0, 0.05) is 12.1 Å². The Balaban J connectivity index is 2.40. The highest BCUT2D eigenvalue weighted by molar-refractivity contribution is 6.18. The number of amides is 1. The van der Waals surface area contributed by atoms with Gasteiger partial charge in [-0.15, -0.1) is 0 Å². The van der Waals surface area contributed by atoms with Crippen molar-refractivity contribution in [2.45, 2.75) is 18.4 Å². The van der Waals surface area contributed by atoms with Crippen molar-refractivity contribution < 1.29 is 19.5 Å². The van der Waals surface area contributed by atoms with E-state index in [0.29, 0.717) is 0 Å². The highest BCUT2D eigenvalue weighted by atomic mass is 16.4. The number of rotatable bonds is 10. The number of nitrogens with two attached hydrogens (primary N) is 3. The molecule has 0 aliphatic carbocycles. The summed E-state index contributed by atoms with van der Waals surface area (Å²) in [5, 5.41) is 13.3. The first kappa shape index (κ1) is 20.8. The maximum Gasteiger partial charge on any atom is 0.317 e. The van der Waals surface area contributed by atoms with Gasteiger partial charge in [-0.25, -0.2) is 0 Å². The molecular formula is C19H23N5O4. The number of carbonyl (C=O) groups excluding carboxylic acids is 2. The van der Waals surface area contributed by atoms with Crippen molar-refractivity contribution in [1.82, 2.24) is 5.32 Å². The van der Waals surface area contributed by atoms with Crippen molar-refractivity contribution in [3.05, 3.63) is 48.0 Å². The number of ketones is 1. The highest BCUT2D eigenvalue weighted by Gasteiger charge is 2.44. The van der Waals surface area contributed by atoms with Crippen LogP contribution in [0.15, 0.2) is 47.5 Å². The number of guanidine groups is 1. The number of Topliss-reactive ketones (excluding diaryl/α,β-unsaturated/α-hetero) is 1. The summed E-state index contributed by atoms with van der Waals surface area (Å²) in [6.45, 7) is -0.443. The summed E-state index contributed by atoms with van der Waals surface area (Å²) in [4.78, 5) is 40.4. The number of carboxylic acid groups (broad SMARTS) is 1. The van der Waals surface area contributed by atoms with Crippen LogP contribution >= 0.6 is 0 Å². The number of nitrogens with zero attached hydrogens (tertiary/aromatic N) is 1. The molecule has 2 rings (SSSR count). The van der Waals surface area contributed by atoms with Gasteiger partial charge in [-0.3, -0.25) is 24.7 Å². The van der Waals surface area contributed by atoms with Crippen molar-refractivity contribution >= 4 is 34.4 Å². The minimum absolute atomic E-state index is 0.0575. The smallest absolute Gasteiger partial charge is 0.317 e. The van der Waals surface area contributed by atoms with Gasteiger partial charge in [-0.2, -0.15) is 0 Å². The summed E-state index contributed by atoms with van der Waals surface area (Å²) < 4.78 is 0. The second-order valence-electron chi connectivity index (χ2n) is 6.32. The number of hydrogen-bond donors (Lipinski definition) is 5. The molecule has 0 spiro atoms. The predicted molar refractivity (Wildman–Crippen MR) is 106 cm³/mol. The summed E-state index contributed by atoms with van der Waals surface area (Å²) in [5.74, 6) is -2.90. The van der Waals surface area contributed by atoms with E-state index in [4.69, 9.17) is 22.3 Å². The number of carbonyl (C=O) groups is 3. The third-order valence-electron chi connectivity index (χ3n) is 4.37. The molecule has 9 nitrogen and oxygen atoms in total. The molecular weight excluding hydrogens is 362 g/mol. The fourth-order valence-electron chi connectivity index (χ4n) is 2.96. The third-order valence-corrected chi connectivity index (χ3v) is 4.37. The maximum absolute atomic E-state index is 13.3. The minimum Gasteiger partial charge on any atom is -0.480 e. The largest absolute Gasteiger partial charge is 0.480 e. The number of nitrogens with one attached hydrogen (secondary N) is 1. The van der Waals surface area contributed by atoms with Crippen molar-refractivity contribution in [2.75, 3.05) is 13.1 Å². The molecule has 9 heteroatoms. The summed E-state index contributed by atoms with van der Waals surface area (Å²) >= 11 is 0. The molecule has 1 atom stereocenters. The van der Waals surface area contributed by atoms with Gasteiger partial charge in [0.2, 0.25) is 5.91 Å². The van der Waals surface area contributed by atoms with Crippen molar-refractivity contribution in [1.29, 1.82) is 0 Å². The molecule has 0 saturated carbocycles. The van der Waals surface area contributed by atoms with Gasteiger partial charge in [-0.1, -0.05) is 36.4 Å². The lowest BCUT2D eigenvalue weighted by Gasteiger charge is -2.30. The summed E-state index contributed by atoms with van der Waals surface area (Å²) in [6, 6.07) is 12.4. The molecule has 0 radical (unpaired) electrons. The Hall–Kier alpha value is -3.46. The molecule has 148 valence electrons. The van der Waals surface area contributed by atoms with E-state index in [1.54, 1.807) is 18.2 Å². The first-order valence-electron chi connectivity index (χ1n) is 8.62. The van der Waals surface area contributed by atoms with Crippen LogP contribution in [0.25, 0.3) is 10.8 Å². The van der Waals surface area contributed by atoms with Crippen LogP contribution in [0, 0.1) is 0 Å². The Morgan fingerprint density at radius 2 is 1.71 bits per heavy atom. The van der Waals surface area contributed by atoms with E-state index < -0.39 is 29.7 Å². The summed E-state index contributed by atoms with van der Waals surface area (Å²) in [7, 11) is 0. The molecule has 8 N–H and O–H groups in total. The second kappa shape index (κ2) is 8.96. The Morgan fingerprint density at radius 3 is 2.32 bits per heavy atom. The number of fused-ring (bicyclic) bond motifs is 1. The van der Waals surface area contributed by atoms with Gasteiger partial charge in [0.1, 0.15) is 0 Å². The average molecular weight is 385 g/mol. The Kier molecular flexibility index (Phi) is 6.67. The molecule has 1 amide bonds. The van der Waals surface area contributed by atoms with E-state index in [1.807, 2.05) is 24.3 Å². The topological polar surface area (TPSA) is 174 Å². The van der Waals surface area contributed by atoms with Crippen LogP contribution in [-0.4, -0.2) is 47.4 Å². The second-order valence-corrected chi connectivity index (χ2v) is 6.32. The molecule has 0 unspecified atom stereocenters. The van der Waals surface area contributed by atoms with Gasteiger partial charge >= 0.3 is 5.97 Å². The number of primary amides is 1. The Morgan fingerprint density at radius 1 is 1.04 bits per heavy atom. The SMILES string of the molecule is NC(=O)[C@](CCCN=C(N)N)(NCC(=O)O)C(=O)c1ccc2ccccc2c1. The summed E-state index contributed by atoms with van der Waals surface area (Å²) in [5.41, 5.74) is 14.5. The molecule has 2 aromatic carbocycles. The van der Waals surface area contributed by atoms with Crippen LogP contribution in [0.4, 0.5) is 0 Å². The zero-order valence-corrected chi connectivity index (χ0v) is 15.2. The maximum atomic E-state index is 13.3. The van der Waals surface area contributed by atoms with Gasteiger partial charge < -0.3 is 22.3 Å². The molecule has 0 fully saturated rings. The van der Waals surface area contributed by atoms with Gasteiger partial charge in [-0.05, 0) is 29.7 Å². The van der Waals surface area contributed by atoms with E-state index in [-0.39, 0.29) is 30.9 Å². The van der Waals surface area contributed by atoms with Gasteiger partial charge in [0.25, 0.3) is 0 Å². The highest BCUT2D eigenvalue weighted by Crippen LogP contribution is 2.23. The minimum atomic E-state index is -1.89. The standard InChI is InChI=1S/C19H23N5O4/c20-17(28)19(24-11-15(25)26,8-3-9-23-18(21)22)16(27)14-7-6-12-4-1-2-5-13(12)10-14/h1-2,4-7,10,24H,3,8-9,11H2,(H2,20,28)(H,25,26)(H4,21,22,23)/t19-/m1/s1. The first-order valence-corrected chi connectivity index (χ1v) is 8.62. The Bertz CT molecular complexity index is 923. The molecule has 0 saturated heterocycles. The summed E-state index contributed by atoms with van der Waals surface area (Å²) in [6.07, 6.45) is 0.185. The lowest BCUT2D eigenvalue weighted by Crippen LogP contribution is -2.62. The monoisotopic (exact) mass is 385 g/mol. The quantitative estimate of drug-likeness (QED) is 0.125. The molecule has 0 aliphatic heterocycles. The normalized spacial score (nSPS) is 12.9. The number of carboxylic acids is 1. The van der Waals surface area contributed by atoms with Crippen molar-refractivity contribution in [3.63, 3.8) is 0 Å². The molecule has 0 heterocycles. The van der Waals surface area contributed by atoms with Gasteiger partial charge in [0.15, 0.2) is 17.3 Å². The van der Waals surface area contributed by atoms with Crippen LogP contribution in [0.5, 0.6) is 0 Å². The van der Waals surface area contributed by atoms with E-state index >= 15 is 0 Å². The van der Waals surface area contributed by atoms with Crippen LogP contribution < -0.4 is 22.5 Å². The van der Waals surface area contributed by atoms with Crippen LogP contribution in [0.1, 0.15) is 23.2 Å². The number of benzene rings is 2. The molecule has 2 aromatic rings. The molecule has 0 bridgehead atoms. The first-order chi connectivity index (χ1) is 13.3. The van der Waals surface area contributed by atoms with Crippen molar-refractivity contribution in [2.24, 2.45) is 22.2 Å². The van der Waals surface area contributed by atoms with Gasteiger partial charge in [0.05, 0.1) is 6.54 Å². The Labute approximate surface area is 161 Å². The lowest BCUT2D eigenvalue weighted by molar-refractivity contribution is -0.136. The number of hydrogen-bond acceptors (Lipinski definition) is 5. The zero-order chi connectivity index (χ0) is 20.7. The van der Waals surface area contributed by atoms with E-state index in [9.17, 15) is 14.4 Å². The van der Waals surface area contributed by atoms with Crippen LogP contribution in [-0.2, 0) is 9.59 Å². The molecule has 28 heavy (non-hydrogen) atoms. The van der Waals surface area contributed by atoms with Crippen LogP contribution in [0.3, 0.4) is 0 Å². The fraction of sp³-hybridized carbons (Fsp3) is 0.263. The van der Waals surface area contributed by atoms with Crippen molar-refractivity contribution in [3.8, 4) is 0 Å². The third kappa shape index (κ3) is 4.83. The average Bonchev–Trinajstić information content (AvgIpc) is 2.66. The fourth-order valence-corrected chi connectivity index (χ4v) is 2.96. The van der Waals surface area contributed by atoms with Crippen LogP contribution in [0.2, 0.25) is 0 Å². The van der Waals surface area contributed by atoms with E-state index in [0.717, 1.165) is 10.8 Å². The lowest BCUT2D eigenvalue weighted by atomic mass is 9.83. The molecule has 0 aliphatic rings. The zero-order valence-electron chi connectivity index (χ0n) is 15.2. The van der Waals surface area contributed by atoms with E-state index in [2.05, 4.69) is 10.3 Å². The number of aliphatic imine (C=N–C) groups is 1. The van der Waals surface area contributed by atoms with E-state index in [1.165, 1.54) is 0 Å².